The maximum absolute atomic E-state index is 12.7. The third-order valence-corrected chi connectivity index (χ3v) is 5.48. The van der Waals surface area contributed by atoms with E-state index in [1.165, 1.54) is 24.3 Å². The van der Waals surface area contributed by atoms with Gasteiger partial charge in [-0.1, -0.05) is 30.3 Å². The van der Waals surface area contributed by atoms with Crippen LogP contribution >= 0.6 is 0 Å². The Bertz CT molecular complexity index is 968. The van der Waals surface area contributed by atoms with Gasteiger partial charge in [-0.2, -0.15) is 0 Å². The van der Waals surface area contributed by atoms with Crippen LogP contribution in [0.3, 0.4) is 0 Å². The molecule has 0 aromatic heterocycles. The van der Waals surface area contributed by atoms with Gasteiger partial charge in [0.1, 0.15) is 0 Å². The SMILES string of the molecule is CC(=O)NS(=O)(=O)c1ccc(N2C(=O)CC(c3ccccc3)C2=O)cc1. The molecule has 2 aromatic rings. The summed E-state index contributed by atoms with van der Waals surface area (Å²) in [6, 6.07) is 14.3. The van der Waals surface area contributed by atoms with Gasteiger partial charge in [0.05, 0.1) is 16.5 Å². The molecule has 0 bridgehead atoms. The van der Waals surface area contributed by atoms with Crippen molar-refractivity contribution in [1.82, 2.24) is 4.72 Å². The number of amides is 3. The maximum atomic E-state index is 12.7. The van der Waals surface area contributed by atoms with Crippen LogP contribution in [0.2, 0.25) is 0 Å². The Hall–Kier alpha value is -3.00. The van der Waals surface area contributed by atoms with Crippen LogP contribution in [0.25, 0.3) is 0 Å². The van der Waals surface area contributed by atoms with Crippen molar-refractivity contribution in [3.05, 3.63) is 60.2 Å². The predicted molar refractivity (Wildman–Crippen MR) is 93.7 cm³/mol. The number of carbonyl (C=O) groups excluding carboxylic acids is 3. The normalized spacial score (nSPS) is 17.4. The van der Waals surface area contributed by atoms with Crippen LogP contribution < -0.4 is 9.62 Å². The van der Waals surface area contributed by atoms with Crippen molar-refractivity contribution in [3.63, 3.8) is 0 Å². The first-order valence-electron chi connectivity index (χ1n) is 7.85. The number of hydrogen-bond donors (Lipinski definition) is 1. The highest BCUT2D eigenvalue weighted by Gasteiger charge is 2.40. The lowest BCUT2D eigenvalue weighted by molar-refractivity contribution is -0.121. The van der Waals surface area contributed by atoms with Gasteiger partial charge in [0.2, 0.25) is 17.7 Å². The van der Waals surface area contributed by atoms with Crippen LogP contribution in [0.1, 0.15) is 24.8 Å². The van der Waals surface area contributed by atoms with Crippen molar-refractivity contribution < 1.29 is 22.8 Å². The van der Waals surface area contributed by atoms with Crippen LogP contribution in [0.5, 0.6) is 0 Å². The topological polar surface area (TPSA) is 101 Å². The zero-order valence-electron chi connectivity index (χ0n) is 13.9. The minimum absolute atomic E-state index is 0.0643. The van der Waals surface area contributed by atoms with Gasteiger partial charge < -0.3 is 0 Å². The van der Waals surface area contributed by atoms with Crippen molar-refractivity contribution in [2.75, 3.05) is 4.90 Å². The maximum Gasteiger partial charge on any atom is 0.264 e. The van der Waals surface area contributed by atoms with Gasteiger partial charge in [0.15, 0.2) is 0 Å². The summed E-state index contributed by atoms with van der Waals surface area (Å²) in [6.07, 6.45) is 0.0643. The summed E-state index contributed by atoms with van der Waals surface area (Å²) >= 11 is 0. The van der Waals surface area contributed by atoms with E-state index in [-0.39, 0.29) is 23.1 Å². The molecule has 1 aliphatic rings. The van der Waals surface area contributed by atoms with E-state index in [4.69, 9.17) is 0 Å². The third-order valence-electron chi connectivity index (χ3n) is 4.03. The molecule has 1 heterocycles. The predicted octanol–water partition coefficient (Wildman–Crippen LogP) is 1.56. The second kappa shape index (κ2) is 6.72. The van der Waals surface area contributed by atoms with Crippen LogP contribution in [0.4, 0.5) is 5.69 Å². The molecule has 0 aliphatic carbocycles. The lowest BCUT2D eigenvalue weighted by Gasteiger charge is -2.16. The molecule has 1 unspecified atom stereocenters. The Morgan fingerprint density at radius 3 is 2.23 bits per heavy atom. The molecule has 7 nitrogen and oxygen atoms in total. The average Bonchev–Trinajstić information content (AvgIpc) is 2.89. The molecule has 1 fully saturated rings. The standard InChI is InChI=1S/C18H16N2O5S/c1-12(21)19-26(24,25)15-9-7-14(8-10-15)20-17(22)11-16(18(20)23)13-5-3-2-4-6-13/h2-10,16H,11H2,1H3,(H,19,21). The highest BCUT2D eigenvalue weighted by molar-refractivity contribution is 7.90. The minimum Gasteiger partial charge on any atom is -0.274 e. The lowest BCUT2D eigenvalue weighted by Crippen LogP contribution is -2.30. The number of nitrogens with zero attached hydrogens (tertiary/aromatic N) is 1. The smallest absolute Gasteiger partial charge is 0.264 e. The van der Waals surface area contributed by atoms with Gasteiger partial charge in [-0.25, -0.2) is 13.1 Å². The molecule has 0 saturated carbocycles. The molecular formula is C18H16N2O5S. The molecule has 1 N–H and O–H groups in total. The molecule has 8 heteroatoms. The molecule has 2 aromatic carbocycles. The first-order valence-corrected chi connectivity index (χ1v) is 9.33. The van der Waals surface area contributed by atoms with Gasteiger partial charge in [0, 0.05) is 13.3 Å². The Balaban J connectivity index is 1.87. The van der Waals surface area contributed by atoms with Crippen molar-refractivity contribution in [1.29, 1.82) is 0 Å². The van der Waals surface area contributed by atoms with Crippen LogP contribution in [-0.2, 0) is 24.4 Å². The molecule has 1 atom stereocenters. The number of benzene rings is 2. The fraction of sp³-hybridized carbons (Fsp3) is 0.167. The van der Waals surface area contributed by atoms with Crippen molar-refractivity contribution >= 4 is 33.4 Å². The van der Waals surface area contributed by atoms with E-state index in [2.05, 4.69) is 0 Å². The van der Waals surface area contributed by atoms with E-state index in [0.717, 1.165) is 17.4 Å². The lowest BCUT2D eigenvalue weighted by atomic mass is 9.98. The van der Waals surface area contributed by atoms with Gasteiger partial charge >= 0.3 is 0 Å². The number of hydrogen-bond acceptors (Lipinski definition) is 5. The number of nitrogens with one attached hydrogen (secondary N) is 1. The fourth-order valence-electron chi connectivity index (χ4n) is 2.87. The summed E-state index contributed by atoms with van der Waals surface area (Å²) in [6.45, 7) is 1.09. The Labute approximate surface area is 150 Å². The summed E-state index contributed by atoms with van der Waals surface area (Å²) in [5.74, 6) is -1.95. The van der Waals surface area contributed by atoms with E-state index >= 15 is 0 Å². The molecule has 26 heavy (non-hydrogen) atoms. The first kappa shape index (κ1) is 17.8. The van der Waals surface area contributed by atoms with E-state index in [9.17, 15) is 22.8 Å². The summed E-state index contributed by atoms with van der Waals surface area (Å²) in [4.78, 5) is 36.9. The van der Waals surface area contributed by atoms with E-state index in [1.54, 1.807) is 24.3 Å². The number of rotatable bonds is 4. The summed E-state index contributed by atoms with van der Waals surface area (Å²) in [7, 11) is -3.97. The van der Waals surface area contributed by atoms with Crippen LogP contribution in [0.15, 0.2) is 59.5 Å². The van der Waals surface area contributed by atoms with Crippen LogP contribution in [-0.4, -0.2) is 26.1 Å². The molecule has 0 radical (unpaired) electrons. The summed E-state index contributed by atoms with van der Waals surface area (Å²) in [5, 5.41) is 0. The zero-order valence-corrected chi connectivity index (χ0v) is 14.7. The van der Waals surface area contributed by atoms with Crippen LogP contribution in [0, 0.1) is 0 Å². The van der Waals surface area contributed by atoms with Gasteiger partial charge in [-0.3, -0.25) is 19.3 Å². The van der Waals surface area contributed by atoms with Gasteiger partial charge in [-0.15, -0.1) is 0 Å². The molecule has 134 valence electrons. The zero-order chi connectivity index (χ0) is 18.9. The highest BCUT2D eigenvalue weighted by Crippen LogP contribution is 2.33. The second-order valence-electron chi connectivity index (χ2n) is 5.89. The van der Waals surface area contributed by atoms with Gasteiger partial charge in [-0.05, 0) is 29.8 Å². The molecule has 3 amide bonds. The van der Waals surface area contributed by atoms with E-state index < -0.39 is 21.8 Å². The Morgan fingerprint density at radius 1 is 1.04 bits per heavy atom. The second-order valence-corrected chi connectivity index (χ2v) is 7.57. The monoisotopic (exact) mass is 372 g/mol. The number of imide groups is 1. The molecular weight excluding hydrogens is 356 g/mol. The first-order chi connectivity index (χ1) is 12.3. The molecule has 1 saturated heterocycles. The number of sulfonamides is 1. The summed E-state index contributed by atoms with van der Waals surface area (Å²) < 4.78 is 25.8. The van der Waals surface area contributed by atoms with E-state index in [1.807, 2.05) is 10.8 Å². The molecule has 3 rings (SSSR count). The van der Waals surface area contributed by atoms with E-state index in [0.29, 0.717) is 5.69 Å². The van der Waals surface area contributed by atoms with Crippen molar-refractivity contribution in [2.45, 2.75) is 24.2 Å². The number of carbonyl (C=O) groups is 3. The Morgan fingerprint density at radius 2 is 1.65 bits per heavy atom. The molecule has 1 aliphatic heterocycles. The van der Waals surface area contributed by atoms with Gasteiger partial charge in [0.25, 0.3) is 10.0 Å². The largest absolute Gasteiger partial charge is 0.274 e. The summed E-state index contributed by atoms with van der Waals surface area (Å²) in [5.41, 5.74) is 1.05. The highest BCUT2D eigenvalue weighted by atomic mass is 32.2. The average molecular weight is 372 g/mol. The third kappa shape index (κ3) is 3.36. The minimum atomic E-state index is -3.97. The quantitative estimate of drug-likeness (QED) is 0.821. The number of anilines is 1. The fourth-order valence-corrected chi connectivity index (χ4v) is 3.86. The Kier molecular flexibility index (Phi) is 4.60. The molecule has 0 spiro atoms. The van der Waals surface area contributed by atoms with Crippen molar-refractivity contribution in [2.24, 2.45) is 0 Å². The van der Waals surface area contributed by atoms with Crippen molar-refractivity contribution in [3.8, 4) is 0 Å².